The van der Waals surface area contributed by atoms with Crippen molar-refractivity contribution in [1.29, 1.82) is 0 Å². The van der Waals surface area contributed by atoms with Gasteiger partial charge in [0.2, 0.25) is 11.8 Å². The first-order valence-electron chi connectivity index (χ1n) is 8.71. The summed E-state index contributed by atoms with van der Waals surface area (Å²) in [5, 5.41) is 5.27. The zero-order valence-electron chi connectivity index (χ0n) is 14.2. The molecule has 6 nitrogen and oxygen atoms in total. The van der Waals surface area contributed by atoms with Crippen LogP contribution in [0.3, 0.4) is 0 Å². The standard InChI is InChI=1S/C18H28N4O2/c19-11-17(23)21-13-18(24)20-12-15-6-5-7-16(10-15)14-22-8-3-1-2-4-9-22/h5-7,10H,1-4,8-9,11-14,19H2,(H,20,24)(H,21,23). The molecule has 0 aliphatic carbocycles. The van der Waals surface area contributed by atoms with Crippen LogP contribution in [0.1, 0.15) is 36.8 Å². The SMILES string of the molecule is NCC(=O)NCC(=O)NCc1cccc(CN2CCCCCC2)c1. The van der Waals surface area contributed by atoms with E-state index in [1.165, 1.54) is 44.3 Å². The Hall–Kier alpha value is -1.92. The summed E-state index contributed by atoms with van der Waals surface area (Å²) in [5.41, 5.74) is 7.53. The number of likely N-dealkylation sites (tertiary alicyclic amines) is 1. The Morgan fingerprint density at radius 1 is 1.00 bits per heavy atom. The predicted octanol–water partition coefficient (Wildman–Crippen LogP) is 0.754. The molecule has 24 heavy (non-hydrogen) atoms. The Morgan fingerprint density at radius 2 is 1.71 bits per heavy atom. The Morgan fingerprint density at radius 3 is 2.42 bits per heavy atom. The van der Waals surface area contributed by atoms with Gasteiger partial charge in [0, 0.05) is 13.1 Å². The Kier molecular flexibility index (Phi) is 7.71. The fourth-order valence-corrected chi connectivity index (χ4v) is 2.90. The third-order valence-corrected chi connectivity index (χ3v) is 4.22. The number of nitrogens with zero attached hydrogens (tertiary/aromatic N) is 1. The molecule has 0 atom stereocenters. The van der Waals surface area contributed by atoms with E-state index in [4.69, 9.17) is 5.73 Å². The van der Waals surface area contributed by atoms with Gasteiger partial charge in [0.1, 0.15) is 0 Å². The average molecular weight is 332 g/mol. The molecule has 2 rings (SSSR count). The predicted molar refractivity (Wildman–Crippen MR) is 94.1 cm³/mol. The van der Waals surface area contributed by atoms with Gasteiger partial charge in [-0.05, 0) is 37.1 Å². The van der Waals surface area contributed by atoms with E-state index >= 15 is 0 Å². The van der Waals surface area contributed by atoms with Crippen LogP contribution in [0.25, 0.3) is 0 Å². The van der Waals surface area contributed by atoms with E-state index in [-0.39, 0.29) is 24.9 Å². The van der Waals surface area contributed by atoms with E-state index in [2.05, 4.69) is 27.7 Å². The number of nitrogens with one attached hydrogen (secondary N) is 2. The largest absolute Gasteiger partial charge is 0.350 e. The van der Waals surface area contributed by atoms with Gasteiger partial charge >= 0.3 is 0 Å². The van der Waals surface area contributed by atoms with Crippen molar-refractivity contribution in [3.63, 3.8) is 0 Å². The van der Waals surface area contributed by atoms with Gasteiger partial charge < -0.3 is 16.4 Å². The van der Waals surface area contributed by atoms with E-state index < -0.39 is 0 Å². The highest BCUT2D eigenvalue weighted by molar-refractivity contribution is 5.85. The molecule has 2 amide bonds. The summed E-state index contributed by atoms with van der Waals surface area (Å²) in [6.45, 7) is 3.62. The number of amides is 2. The third-order valence-electron chi connectivity index (χ3n) is 4.22. The maximum atomic E-state index is 11.7. The minimum Gasteiger partial charge on any atom is -0.350 e. The lowest BCUT2D eigenvalue weighted by Gasteiger charge is -2.20. The molecule has 1 saturated heterocycles. The monoisotopic (exact) mass is 332 g/mol. The van der Waals surface area contributed by atoms with Gasteiger partial charge in [0.25, 0.3) is 0 Å². The molecule has 132 valence electrons. The smallest absolute Gasteiger partial charge is 0.239 e. The summed E-state index contributed by atoms with van der Waals surface area (Å²) in [6, 6.07) is 8.32. The van der Waals surface area contributed by atoms with Crippen molar-refractivity contribution in [2.24, 2.45) is 5.73 Å². The van der Waals surface area contributed by atoms with Crippen molar-refractivity contribution in [2.45, 2.75) is 38.8 Å². The number of carbonyl (C=O) groups excluding carboxylic acids is 2. The molecular formula is C18H28N4O2. The van der Waals surface area contributed by atoms with E-state index in [0.29, 0.717) is 6.54 Å². The number of benzene rings is 1. The summed E-state index contributed by atoms with van der Waals surface area (Å²) >= 11 is 0. The van der Waals surface area contributed by atoms with Crippen LogP contribution in [0.5, 0.6) is 0 Å². The van der Waals surface area contributed by atoms with Crippen LogP contribution in [-0.2, 0) is 22.7 Å². The molecule has 0 aromatic heterocycles. The van der Waals surface area contributed by atoms with Gasteiger partial charge in [-0.25, -0.2) is 0 Å². The molecule has 1 fully saturated rings. The second-order valence-electron chi connectivity index (χ2n) is 6.27. The van der Waals surface area contributed by atoms with Crippen LogP contribution in [0, 0.1) is 0 Å². The topological polar surface area (TPSA) is 87.5 Å². The lowest BCUT2D eigenvalue weighted by molar-refractivity contribution is -0.125. The average Bonchev–Trinajstić information content (AvgIpc) is 2.87. The molecule has 0 spiro atoms. The molecule has 0 unspecified atom stereocenters. The van der Waals surface area contributed by atoms with E-state index in [9.17, 15) is 9.59 Å². The molecule has 1 aromatic carbocycles. The minimum atomic E-state index is -0.329. The maximum absolute atomic E-state index is 11.7. The molecule has 1 aliphatic rings. The Balaban J connectivity index is 1.79. The van der Waals surface area contributed by atoms with Crippen LogP contribution in [-0.4, -0.2) is 42.9 Å². The van der Waals surface area contributed by atoms with Crippen LogP contribution in [0.2, 0.25) is 0 Å². The van der Waals surface area contributed by atoms with Gasteiger partial charge in [-0.15, -0.1) is 0 Å². The lowest BCUT2D eigenvalue weighted by atomic mass is 10.1. The maximum Gasteiger partial charge on any atom is 0.239 e. The lowest BCUT2D eigenvalue weighted by Crippen LogP contribution is -2.39. The highest BCUT2D eigenvalue weighted by Crippen LogP contribution is 2.14. The first-order valence-corrected chi connectivity index (χ1v) is 8.71. The summed E-state index contributed by atoms with van der Waals surface area (Å²) in [4.78, 5) is 25.2. The van der Waals surface area contributed by atoms with Gasteiger partial charge in [0.15, 0.2) is 0 Å². The molecule has 6 heteroatoms. The molecule has 4 N–H and O–H groups in total. The third kappa shape index (κ3) is 6.68. The highest BCUT2D eigenvalue weighted by atomic mass is 16.2. The van der Waals surface area contributed by atoms with Crippen LogP contribution in [0.15, 0.2) is 24.3 Å². The van der Waals surface area contributed by atoms with Gasteiger partial charge in [0.05, 0.1) is 13.1 Å². The minimum absolute atomic E-state index is 0.0382. The summed E-state index contributed by atoms with van der Waals surface area (Å²) in [7, 11) is 0. The van der Waals surface area contributed by atoms with Crippen molar-refractivity contribution in [3.8, 4) is 0 Å². The summed E-state index contributed by atoms with van der Waals surface area (Å²) in [6.07, 6.45) is 5.24. The van der Waals surface area contributed by atoms with Crippen molar-refractivity contribution in [2.75, 3.05) is 26.2 Å². The van der Waals surface area contributed by atoms with E-state index in [0.717, 1.165) is 12.1 Å². The number of nitrogens with two attached hydrogens (primary N) is 1. The molecule has 1 aromatic rings. The molecule has 0 saturated carbocycles. The van der Waals surface area contributed by atoms with Crippen molar-refractivity contribution in [1.82, 2.24) is 15.5 Å². The fraction of sp³-hybridized carbons (Fsp3) is 0.556. The zero-order chi connectivity index (χ0) is 17.2. The molecule has 1 heterocycles. The molecule has 0 bridgehead atoms. The van der Waals surface area contributed by atoms with Crippen LogP contribution >= 0.6 is 0 Å². The number of hydrogen-bond donors (Lipinski definition) is 3. The highest BCUT2D eigenvalue weighted by Gasteiger charge is 2.10. The van der Waals surface area contributed by atoms with Crippen molar-refractivity contribution >= 4 is 11.8 Å². The number of rotatable bonds is 7. The van der Waals surface area contributed by atoms with Crippen molar-refractivity contribution < 1.29 is 9.59 Å². The fourth-order valence-electron chi connectivity index (χ4n) is 2.90. The van der Waals surface area contributed by atoms with Crippen molar-refractivity contribution in [3.05, 3.63) is 35.4 Å². The molecule has 0 radical (unpaired) electrons. The summed E-state index contributed by atoms with van der Waals surface area (Å²) in [5.74, 6) is -0.542. The zero-order valence-corrected chi connectivity index (χ0v) is 14.2. The van der Waals surface area contributed by atoms with Gasteiger partial charge in [-0.3, -0.25) is 14.5 Å². The van der Waals surface area contributed by atoms with Crippen LogP contribution in [0.4, 0.5) is 0 Å². The first kappa shape index (κ1) is 18.4. The van der Waals surface area contributed by atoms with E-state index in [1.807, 2.05) is 12.1 Å². The molecule has 1 aliphatic heterocycles. The second kappa shape index (κ2) is 10.1. The van der Waals surface area contributed by atoms with Gasteiger partial charge in [-0.1, -0.05) is 37.1 Å². The second-order valence-corrected chi connectivity index (χ2v) is 6.27. The number of carbonyl (C=O) groups is 2. The Labute approximate surface area is 143 Å². The normalized spacial score (nSPS) is 15.5. The van der Waals surface area contributed by atoms with Crippen LogP contribution < -0.4 is 16.4 Å². The van der Waals surface area contributed by atoms with Gasteiger partial charge in [-0.2, -0.15) is 0 Å². The Bertz CT molecular complexity index is 540. The van der Waals surface area contributed by atoms with E-state index in [1.54, 1.807) is 0 Å². The number of hydrogen-bond acceptors (Lipinski definition) is 4. The molecular weight excluding hydrogens is 304 g/mol. The summed E-state index contributed by atoms with van der Waals surface area (Å²) < 4.78 is 0. The quantitative estimate of drug-likeness (QED) is 0.688. The first-order chi connectivity index (χ1) is 11.7.